The largest absolute Gasteiger partial charge is 0.487 e. The van der Waals surface area contributed by atoms with Crippen molar-refractivity contribution in [3.63, 3.8) is 0 Å². The van der Waals surface area contributed by atoms with Gasteiger partial charge in [0.15, 0.2) is 0 Å². The van der Waals surface area contributed by atoms with Crippen molar-refractivity contribution in [2.45, 2.75) is 57.2 Å². The zero-order valence-corrected chi connectivity index (χ0v) is 19.2. The van der Waals surface area contributed by atoms with Gasteiger partial charge in [-0.3, -0.25) is 9.78 Å². The predicted octanol–water partition coefficient (Wildman–Crippen LogP) is 5.08. The maximum atomic E-state index is 12.7. The molecule has 1 unspecified atom stereocenters. The van der Waals surface area contributed by atoms with Crippen LogP contribution in [-0.2, 0) is 16.0 Å². The van der Waals surface area contributed by atoms with Gasteiger partial charge >= 0.3 is 0 Å². The van der Waals surface area contributed by atoms with Crippen LogP contribution in [0.5, 0.6) is 5.75 Å². The Hall–Kier alpha value is -2.92. The van der Waals surface area contributed by atoms with E-state index in [0.717, 1.165) is 62.9 Å². The molecule has 6 rings (SSSR count). The molecule has 0 radical (unpaired) electrons. The van der Waals surface area contributed by atoms with Gasteiger partial charge in [-0.2, -0.15) is 0 Å². The molecule has 1 aromatic heterocycles. The molecule has 2 aromatic carbocycles. The van der Waals surface area contributed by atoms with Crippen LogP contribution < -0.4 is 4.74 Å². The Morgan fingerprint density at radius 1 is 1.12 bits per heavy atom. The van der Waals surface area contributed by atoms with Gasteiger partial charge in [0.2, 0.25) is 0 Å². The molecule has 5 heteroatoms. The van der Waals surface area contributed by atoms with Crippen LogP contribution in [-0.4, -0.2) is 47.2 Å². The fourth-order valence-electron chi connectivity index (χ4n) is 5.76. The Bertz CT molecular complexity index is 1210. The molecule has 1 amide bonds. The summed E-state index contributed by atoms with van der Waals surface area (Å²) in [4.78, 5) is 19.3. The van der Waals surface area contributed by atoms with E-state index in [1.165, 1.54) is 27.6 Å². The lowest BCUT2D eigenvalue weighted by Crippen LogP contribution is -2.52. The van der Waals surface area contributed by atoms with Crippen molar-refractivity contribution in [3.05, 3.63) is 59.8 Å². The highest BCUT2D eigenvalue weighted by molar-refractivity contribution is 5.88. The third-order valence-electron chi connectivity index (χ3n) is 7.77. The van der Waals surface area contributed by atoms with E-state index in [1.807, 2.05) is 17.2 Å². The minimum atomic E-state index is -0.223. The molecule has 170 valence electrons. The van der Waals surface area contributed by atoms with E-state index in [1.54, 1.807) is 0 Å². The van der Waals surface area contributed by atoms with Gasteiger partial charge in [-0.05, 0) is 73.1 Å². The van der Waals surface area contributed by atoms with Crippen LogP contribution in [0.2, 0.25) is 0 Å². The van der Waals surface area contributed by atoms with Crippen LogP contribution in [0.4, 0.5) is 0 Å². The van der Waals surface area contributed by atoms with E-state index in [2.05, 4.69) is 48.3 Å². The molecule has 3 aliphatic rings. The molecule has 1 spiro atoms. The number of rotatable bonds is 2. The van der Waals surface area contributed by atoms with Crippen molar-refractivity contribution in [1.82, 2.24) is 9.88 Å². The third-order valence-corrected chi connectivity index (χ3v) is 7.77. The lowest BCUT2D eigenvalue weighted by Gasteiger charge is -2.45. The van der Waals surface area contributed by atoms with Crippen molar-refractivity contribution in [2.75, 3.05) is 19.7 Å². The van der Waals surface area contributed by atoms with Crippen LogP contribution >= 0.6 is 0 Å². The SMILES string of the molecule is Cc1c(-c2ccc3c(c2)CCC2(CCN(C(=O)C4CCCO4)CC2)O3)ccc2cccnc12. The summed E-state index contributed by atoms with van der Waals surface area (Å²) in [6.07, 6.45) is 7.28. The number of aromatic nitrogens is 1. The summed E-state index contributed by atoms with van der Waals surface area (Å²) in [7, 11) is 0. The quantitative estimate of drug-likeness (QED) is 0.556. The fraction of sp³-hybridized carbons (Fsp3) is 0.429. The van der Waals surface area contributed by atoms with Gasteiger partial charge < -0.3 is 14.4 Å². The summed E-state index contributed by atoms with van der Waals surface area (Å²) in [5.74, 6) is 1.17. The maximum absolute atomic E-state index is 12.7. The molecular formula is C28H30N2O3. The average Bonchev–Trinajstić information content (AvgIpc) is 3.40. The molecule has 1 atom stereocenters. The van der Waals surface area contributed by atoms with Crippen molar-refractivity contribution in [2.24, 2.45) is 0 Å². The second-order valence-electron chi connectivity index (χ2n) is 9.75. The Labute approximate surface area is 194 Å². The zero-order chi connectivity index (χ0) is 22.4. The summed E-state index contributed by atoms with van der Waals surface area (Å²) in [5.41, 5.74) is 5.85. The lowest BCUT2D eigenvalue weighted by atomic mass is 9.82. The van der Waals surface area contributed by atoms with Gasteiger partial charge in [-0.15, -0.1) is 0 Å². The highest BCUT2D eigenvalue weighted by Crippen LogP contribution is 2.41. The highest BCUT2D eigenvalue weighted by atomic mass is 16.5. The number of benzene rings is 2. The first-order valence-corrected chi connectivity index (χ1v) is 12.2. The number of hydrogen-bond donors (Lipinski definition) is 0. The first-order chi connectivity index (χ1) is 16.1. The normalized spacial score (nSPS) is 21.7. The Morgan fingerprint density at radius 3 is 2.82 bits per heavy atom. The van der Waals surface area contributed by atoms with E-state index < -0.39 is 0 Å². The summed E-state index contributed by atoms with van der Waals surface area (Å²) in [5, 5.41) is 1.17. The number of pyridine rings is 1. The van der Waals surface area contributed by atoms with Gasteiger partial charge in [-0.1, -0.05) is 24.3 Å². The number of carbonyl (C=O) groups excluding carboxylic acids is 1. The van der Waals surface area contributed by atoms with Crippen molar-refractivity contribution >= 4 is 16.8 Å². The molecule has 3 aliphatic heterocycles. The summed E-state index contributed by atoms with van der Waals surface area (Å²) in [6.45, 7) is 4.39. The Balaban J connectivity index is 1.19. The minimum absolute atomic E-state index is 0.148. The number of ether oxygens (including phenoxy) is 2. The second kappa shape index (κ2) is 8.14. The number of carbonyl (C=O) groups is 1. The molecule has 0 bridgehead atoms. The zero-order valence-electron chi connectivity index (χ0n) is 19.2. The molecule has 2 fully saturated rings. The topological polar surface area (TPSA) is 51.7 Å². The number of fused-ring (bicyclic) bond motifs is 2. The molecule has 2 saturated heterocycles. The van der Waals surface area contributed by atoms with Gasteiger partial charge in [0.05, 0.1) is 5.52 Å². The van der Waals surface area contributed by atoms with E-state index >= 15 is 0 Å². The smallest absolute Gasteiger partial charge is 0.251 e. The van der Waals surface area contributed by atoms with Crippen molar-refractivity contribution in [1.29, 1.82) is 0 Å². The van der Waals surface area contributed by atoms with Crippen molar-refractivity contribution < 1.29 is 14.3 Å². The number of nitrogens with zero attached hydrogens (tertiary/aromatic N) is 2. The maximum Gasteiger partial charge on any atom is 0.251 e. The molecule has 5 nitrogen and oxygen atoms in total. The van der Waals surface area contributed by atoms with E-state index in [-0.39, 0.29) is 17.6 Å². The molecule has 0 aliphatic carbocycles. The number of hydrogen-bond acceptors (Lipinski definition) is 4. The number of likely N-dealkylation sites (tertiary alicyclic amines) is 1. The van der Waals surface area contributed by atoms with Crippen LogP contribution in [0.1, 0.15) is 43.2 Å². The van der Waals surface area contributed by atoms with E-state index in [9.17, 15) is 4.79 Å². The van der Waals surface area contributed by atoms with Gasteiger partial charge in [0, 0.05) is 44.1 Å². The first-order valence-electron chi connectivity index (χ1n) is 12.2. The fourth-order valence-corrected chi connectivity index (χ4v) is 5.76. The second-order valence-corrected chi connectivity index (χ2v) is 9.75. The predicted molar refractivity (Wildman–Crippen MR) is 128 cm³/mol. The molecule has 0 N–H and O–H groups in total. The van der Waals surface area contributed by atoms with Crippen molar-refractivity contribution in [3.8, 4) is 16.9 Å². The third kappa shape index (κ3) is 3.68. The number of aryl methyl sites for hydroxylation is 2. The number of amides is 1. The van der Waals surface area contributed by atoms with E-state index in [0.29, 0.717) is 6.61 Å². The monoisotopic (exact) mass is 442 g/mol. The Kier molecular flexibility index (Phi) is 5.10. The van der Waals surface area contributed by atoms with E-state index in [4.69, 9.17) is 9.47 Å². The Morgan fingerprint density at radius 2 is 2.00 bits per heavy atom. The van der Waals surface area contributed by atoms with Gasteiger partial charge in [0.1, 0.15) is 17.5 Å². The van der Waals surface area contributed by atoms with Crippen LogP contribution in [0.3, 0.4) is 0 Å². The average molecular weight is 443 g/mol. The summed E-state index contributed by atoms with van der Waals surface area (Å²) >= 11 is 0. The first kappa shape index (κ1) is 20.7. The van der Waals surface area contributed by atoms with Crippen LogP contribution in [0.25, 0.3) is 22.0 Å². The number of piperidine rings is 1. The molecular weight excluding hydrogens is 412 g/mol. The molecule has 4 heterocycles. The minimum Gasteiger partial charge on any atom is -0.487 e. The summed E-state index contributed by atoms with van der Waals surface area (Å²) < 4.78 is 12.2. The standard InChI is InChI=1S/C28H30N2O3/c1-19-23(8-6-20-4-2-14-29-26(19)20)21-7-9-24-22(18-21)10-11-28(33-24)12-15-30(16-13-28)27(31)25-5-3-17-32-25/h2,4,6-9,14,18,25H,3,5,10-13,15-17H2,1H3. The van der Waals surface area contributed by atoms with Gasteiger partial charge in [-0.25, -0.2) is 0 Å². The molecule has 0 saturated carbocycles. The highest BCUT2D eigenvalue weighted by Gasteiger charge is 2.41. The van der Waals surface area contributed by atoms with Crippen LogP contribution in [0.15, 0.2) is 48.7 Å². The lowest BCUT2D eigenvalue weighted by molar-refractivity contribution is -0.144. The van der Waals surface area contributed by atoms with Crippen LogP contribution in [0, 0.1) is 6.92 Å². The summed E-state index contributed by atoms with van der Waals surface area (Å²) in [6, 6.07) is 15.0. The molecule has 33 heavy (non-hydrogen) atoms. The van der Waals surface area contributed by atoms with Gasteiger partial charge in [0.25, 0.3) is 5.91 Å². The molecule has 3 aromatic rings.